The molecule has 1 aliphatic heterocycles. The second kappa shape index (κ2) is 6.36. The number of rotatable bonds is 3. The number of amides is 1. The molecule has 1 atom stereocenters. The molecule has 5 rings (SSSR count). The molecule has 0 aromatic carbocycles. The van der Waals surface area contributed by atoms with Crippen LogP contribution < -0.4 is 10.2 Å². The van der Waals surface area contributed by atoms with Crippen LogP contribution in [-0.2, 0) is 11.8 Å². The summed E-state index contributed by atoms with van der Waals surface area (Å²) in [4.78, 5) is 23.1. The number of aromatic nitrogens is 7. The van der Waals surface area contributed by atoms with Gasteiger partial charge in [0.05, 0.1) is 11.9 Å². The minimum atomic E-state index is 0.000739. The molecule has 0 fully saturated rings. The Labute approximate surface area is 166 Å². The topological polar surface area (TPSA) is 106 Å². The summed E-state index contributed by atoms with van der Waals surface area (Å²) in [6.45, 7) is 1.99. The number of hydrogen-bond donors (Lipinski definition) is 1. The lowest BCUT2D eigenvalue weighted by molar-refractivity contribution is -0.118. The summed E-state index contributed by atoms with van der Waals surface area (Å²) in [5.41, 5.74) is 2.22. The number of hydrogen-bond acceptors (Lipinski definition) is 7. The van der Waals surface area contributed by atoms with Crippen LogP contribution in [0.25, 0.3) is 16.9 Å². The third-order valence-corrected chi connectivity index (χ3v) is 5.16. The summed E-state index contributed by atoms with van der Waals surface area (Å²) in [6.07, 6.45) is 3.79. The van der Waals surface area contributed by atoms with E-state index in [0.29, 0.717) is 23.7 Å². The van der Waals surface area contributed by atoms with E-state index in [0.717, 1.165) is 23.0 Å². The Balaban J connectivity index is 1.61. The number of nitrogens with one attached hydrogen (secondary N) is 1. The van der Waals surface area contributed by atoms with Gasteiger partial charge in [-0.05, 0) is 18.2 Å². The molecule has 10 nitrogen and oxygen atoms in total. The molecule has 1 aliphatic rings. The molecule has 0 radical (unpaired) electrons. The number of carbonyl (C=O) groups excluding carboxylic acids is 1. The lowest BCUT2D eigenvalue weighted by atomic mass is 10.1. The van der Waals surface area contributed by atoms with Gasteiger partial charge < -0.3 is 10.2 Å². The first-order valence-corrected chi connectivity index (χ1v) is 9.25. The standard InChI is InChI=1S/C19H19N9O/c1-11-8-17(29)26(2)16-10-12(9-15-24-25-18(11)28(15)16)13-4-6-20-19(22-13)23-14-5-7-21-27(14)3/h4-7,9-11H,8H2,1-3H3,(H,20,22,23). The number of nitrogens with zero attached hydrogens (tertiary/aromatic N) is 8. The van der Waals surface area contributed by atoms with Gasteiger partial charge in [0.15, 0.2) is 5.65 Å². The van der Waals surface area contributed by atoms with Crippen LogP contribution in [0.15, 0.2) is 36.7 Å². The summed E-state index contributed by atoms with van der Waals surface area (Å²) in [6, 6.07) is 7.53. The van der Waals surface area contributed by atoms with E-state index in [2.05, 4.69) is 30.6 Å². The first-order valence-electron chi connectivity index (χ1n) is 9.25. The van der Waals surface area contributed by atoms with Gasteiger partial charge in [0.2, 0.25) is 11.9 Å². The number of pyridine rings is 1. The zero-order valence-corrected chi connectivity index (χ0v) is 16.2. The molecule has 1 N–H and O–H groups in total. The highest BCUT2D eigenvalue weighted by atomic mass is 16.2. The Bertz CT molecular complexity index is 1240. The van der Waals surface area contributed by atoms with Crippen LogP contribution in [-0.4, -0.2) is 47.3 Å². The van der Waals surface area contributed by atoms with Gasteiger partial charge in [-0.3, -0.25) is 13.9 Å². The molecular weight excluding hydrogens is 370 g/mol. The maximum absolute atomic E-state index is 12.6. The third kappa shape index (κ3) is 2.80. The second-order valence-corrected chi connectivity index (χ2v) is 7.14. The third-order valence-electron chi connectivity index (χ3n) is 5.16. The normalized spacial score (nSPS) is 16.3. The average Bonchev–Trinajstić information content (AvgIpc) is 3.31. The molecule has 0 bridgehead atoms. The summed E-state index contributed by atoms with van der Waals surface area (Å²) < 4.78 is 3.64. The highest BCUT2D eigenvalue weighted by Gasteiger charge is 2.28. The van der Waals surface area contributed by atoms with E-state index in [4.69, 9.17) is 0 Å². The zero-order chi connectivity index (χ0) is 20.1. The molecule has 4 aromatic heterocycles. The van der Waals surface area contributed by atoms with Gasteiger partial charge in [-0.2, -0.15) is 5.10 Å². The molecule has 5 heterocycles. The summed E-state index contributed by atoms with van der Waals surface area (Å²) in [5, 5.41) is 15.9. The predicted molar refractivity (Wildman–Crippen MR) is 107 cm³/mol. The van der Waals surface area contributed by atoms with E-state index in [9.17, 15) is 4.79 Å². The van der Waals surface area contributed by atoms with Gasteiger partial charge in [0, 0.05) is 44.3 Å². The molecule has 29 heavy (non-hydrogen) atoms. The van der Waals surface area contributed by atoms with Crippen molar-refractivity contribution in [1.82, 2.24) is 34.3 Å². The lowest BCUT2D eigenvalue weighted by Crippen LogP contribution is -2.26. The fraction of sp³-hybridized carbons (Fsp3) is 0.263. The second-order valence-electron chi connectivity index (χ2n) is 7.14. The van der Waals surface area contributed by atoms with E-state index in [1.54, 1.807) is 29.0 Å². The minimum Gasteiger partial charge on any atom is -0.309 e. The molecule has 0 saturated heterocycles. The number of anilines is 3. The molecular formula is C19H19N9O. The molecule has 1 unspecified atom stereocenters. The molecule has 1 amide bonds. The number of carbonyl (C=O) groups is 1. The van der Waals surface area contributed by atoms with Gasteiger partial charge in [-0.15, -0.1) is 10.2 Å². The quantitative estimate of drug-likeness (QED) is 0.572. The van der Waals surface area contributed by atoms with Crippen LogP contribution >= 0.6 is 0 Å². The maximum atomic E-state index is 12.6. The van der Waals surface area contributed by atoms with Crippen molar-refractivity contribution in [3.8, 4) is 11.3 Å². The van der Waals surface area contributed by atoms with Gasteiger partial charge >= 0.3 is 0 Å². The average molecular weight is 389 g/mol. The van der Waals surface area contributed by atoms with Crippen molar-refractivity contribution in [2.45, 2.75) is 19.3 Å². The van der Waals surface area contributed by atoms with Crippen LogP contribution in [0.4, 0.5) is 17.6 Å². The van der Waals surface area contributed by atoms with Crippen LogP contribution in [0, 0.1) is 0 Å². The molecule has 146 valence electrons. The molecule has 0 saturated carbocycles. The fourth-order valence-electron chi connectivity index (χ4n) is 3.54. The van der Waals surface area contributed by atoms with Crippen molar-refractivity contribution in [1.29, 1.82) is 0 Å². The van der Waals surface area contributed by atoms with Crippen LogP contribution in [0.5, 0.6) is 0 Å². The lowest BCUT2D eigenvalue weighted by Gasteiger charge is -2.17. The first kappa shape index (κ1) is 17.3. The zero-order valence-electron chi connectivity index (χ0n) is 16.2. The van der Waals surface area contributed by atoms with Gasteiger partial charge in [-0.1, -0.05) is 6.92 Å². The van der Waals surface area contributed by atoms with Crippen molar-refractivity contribution < 1.29 is 4.79 Å². The predicted octanol–water partition coefficient (Wildman–Crippen LogP) is 2.13. The Hall–Kier alpha value is -3.82. The van der Waals surface area contributed by atoms with Gasteiger partial charge in [-0.25, -0.2) is 9.97 Å². The Morgan fingerprint density at radius 3 is 2.79 bits per heavy atom. The van der Waals surface area contributed by atoms with E-state index in [1.165, 1.54) is 0 Å². The van der Waals surface area contributed by atoms with Gasteiger partial charge in [0.1, 0.15) is 17.5 Å². The largest absolute Gasteiger partial charge is 0.309 e. The van der Waals surface area contributed by atoms with Crippen molar-refractivity contribution in [3.63, 3.8) is 0 Å². The minimum absolute atomic E-state index is 0.000739. The molecule has 10 heteroatoms. The molecule has 0 aliphatic carbocycles. The van der Waals surface area contributed by atoms with Crippen molar-refractivity contribution >= 4 is 29.1 Å². The molecule has 4 aromatic rings. The highest BCUT2D eigenvalue weighted by Crippen LogP contribution is 2.32. The van der Waals surface area contributed by atoms with E-state index in [1.807, 2.05) is 42.6 Å². The Kier molecular flexibility index (Phi) is 3.79. The van der Waals surface area contributed by atoms with Crippen LogP contribution in [0.2, 0.25) is 0 Å². The SMILES string of the molecule is CC1CC(=O)N(C)c2cc(-c3ccnc(Nc4ccnn4C)n3)cc3nnc1n23. The van der Waals surface area contributed by atoms with Crippen molar-refractivity contribution in [2.75, 3.05) is 17.3 Å². The van der Waals surface area contributed by atoms with Crippen molar-refractivity contribution in [2.24, 2.45) is 7.05 Å². The van der Waals surface area contributed by atoms with E-state index >= 15 is 0 Å². The van der Waals surface area contributed by atoms with Crippen molar-refractivity contribution in [3.05, 3.63) is 42.5 Å². The van der Waals surface area contributed by atoms with Crippen LogP contribution in [0.3, 0.4) is 0 Å². The smallest absolute Gasteiger partial charge is 0.228 e. The molecule has 0 spiro atoms. The first-order chi connectivity index (χ1) is 14.0. The summed E-state index contributed by atoms with van der Waals surface area (Å²) in [7, 11) is 3.61. The Morgan fingerprint density at radius 2 is 2.00 bits per heavy atom. The van der Waals surface area contributed by atoms with Crippen LogP contribution in [0.1, 0.15) is 25.1 Å². The van der Waals surface area contributed by atoms with E-state index < -0.39 is 0 Å². The highest BCUT2D eigenvalue weighted by molar-refractivity contribution is 5.94. The number of aryl methyl sites for hydroxylation is 1. The maximum Gasteiger partial charge on any atom is 0.228 e. The monoisotopic (exact) mass is 389 g/mol. The summed E-state index contributed by atoms with van der Waals surface area (Å²) in [5.74, 6) is 2.80. The Morgan fingerprint density at radius 1 is 1.14 bits per heavy atom. The van der Waals surface area contributed by atoms with Gasteiger partial charge in [0.25, 0.3) is 0 Å². The van der Waals surface area contributed by atoms with E-state index in [-0.39, 0.29) is 11.8 Å². The fourth-order valence-corrected chi connectivity index (χ4v) is 3.54. The summed E-state index contributed by atoms with van der Waals surface area (Å²) >= 11 is 0.